The van der Waals surface area contributed by atoms with E-state index in [9.17, 15) is 0 Å². The monoisotopic (exact) mass is 276 g/mol. The van der Waals surface area contributed by atoms with E-state index in [1.165, 1.54) is 0 Å². The average Bonchev–Trinajstić information content (AvgIpc) is 2.98. The zero-order chi connectivity index (χ0) is 13.2. The lowest BCUT2D eigenvalue weighted by atomic mass is 10.1. The van der Waals surface area contributed by atoms with Crippen LogP contribution in [0.3, 0.4) is 0 Å². The van der Waals surface area contributed by atoms with Gasteiger partial charge in [-0.2, -0.15) is 0 Å². The summed E-state index contributed by atoms with van der Waals surface area (Å²) in [5, 5.41) is 0.759. The lowest BCUT2D eigenvalue weighted by Gasteiger charge is -2.06. The van der Waals surface area contributed by atoms with Crippen LogP contribution in [-0.4, -0.2) is 30.0 Å². The third-order valence-corrected chi connectivity index (χ3v) is 3.81. The first kappa shape index (κ1) is 12.7. The Morgan fingerprint density at radius 3 is 3.11 bits per heavy atom. The Kier molecular flexibility index (Phi) is 3.58. The van der Waals surface area contributed by atoms with Crippen molar-refractivity contribution in [3.05, 3.63) is 52.7 Å². The third-order valence-electron chi connectivity index (χ3n) is 3.58. The van der Waals surface area contributed by atoms with Crippen LogP contribution in [0.2, 0.25) is 5.02 Å². The van der Waals surface area contributed by atoms with E-state index in [0.29, 0.717) is 5.92 Å². The summed E-state index contributed by atoms with van der Waals surface area (Å²) >= 11 is 5.98. The van der Waals surface area contributed by atoms with Crippen molar-refractivity contribution in [2.45, 2.75) is 18.8 Å². The topological polar surface area (TPSA) is 29.3 Å². The quantitative estimate of drug-likeness (QED) is 0.861. The molecule has 1 unspecified atom stereocenters. The fourth-order valence-corrected chi connectivity index (χ4v) is 2.79. The number of nitrogens with zero attached hydrogens (tertiary/aromatic N) is 2. The van der Waals surface area contributed by atoms with E-state index < -0.39 is 0 Å². The van der Waals surface area contributed by atoms with Gasteiger partial charge in [0.25, 0.3) is 0 Å². The number of aromatic nitrogens is 1. The molecule has 0 saturated carbocycles. The summed E-state index contributed by atoms with van der Waals surface area (Å²) in [4.78, 5) is 6.74. The molecule has 0 amide bonds. The van der Waals surface area contributed by atoms with Crippen LogP contribution in [0, 0.1) is 0 Å². The molecule has 100 valence electrons. The molecule has 0 aliphatic carbocycles. The predicted molar refractivity (Wildman–Crippen MR) is 75.6 cm³/mol. The highest BCUT2D eigenvalue weighted by Gasteiger charge is 2.25. The Labute approximate surface area is 118 Å². The highest BCUT2D eigenvalue weighted by atomic mass is 35.5. The van der Waals surface area contributed by atoms with Crippen LogP contribution in [0.5, 0.6) is 0 Å². The number of benzene rings is 1. The molecule has 0 spiro atoms. The summed E-state index contributed by atoms with van der Waals surface area (Å²) in [5.74, 6) is 2.23. The van der Waals surface area contributed by atoms with E-state index in [1.807, 2.05) is 24.4 Å². The maximum Gasteiger partial charge on any atom is 0.198 e. The molecule has 3 rings (SSSR count). The Morgan fingerprint density at radius 2 is 2.37 bits per heavy atom. The zero-order valence-corrected chi connectivity index (χ0v) is 11.7. The average molecular weight is 277 g/mol. The molecule has 3 nitrogen and oxygen atoms in total. The van der Waals surface area contributed by atoms with Crippen LogP contribution < -0.4 is 0 Å². The van der Waals surface area contributed by atoms with Gasteiger partial charge in [-0.1, -0.05) is 23.7 Å². The van der Waals surface area contributed by atoms with Gasteiger partial charge in [0, 0.05) is 23.9 Å². The molecule has 0 bridgehead atoms. The molecule has 4 heteroatoms. The fourth-order valence-electron chi connectivity index (χ4n) is 2.58. The number of hydrogen-bond donors (Lipinski definition) is 0. The van der Waals surface area contributed by atoms with Gasteiger partial charge in [-0.3, -0.25) is 0 Å². The number of likely N-dealkylation sites (N-methyl/N-ethyl adjacent to an activating group) is 1. The highest BCUT2D eigenvalue weighted by Crippen LogP contribution is 2.26. The van der Waals surface area contributed by atoms with Gasteiger partial charge in [-0.25, -0.2) is 4.98 Å². The zero-order valence-electron chi connectivity index (χ0n) is 11.0. The van der Waals surface area contributed by atoms with E-state index in [2.05, 4.69) is 23.0 Å². The van der Waals surface area contributed by atoms with E-state index in [1.54, 1.807) is 0 Å². The van der Waals surface area contributed by atoms with Gasteiger partial charge in [0.1, 0.15) is 5.76 Å². The first-order valence-corrected chi connectivity index (χ1v) is 6.96. The van der Waals surface area contributed by atoms with Crippen molar-refractivity contribution in [3.8, 4) is 0 Å². The summed E-state index contributed by atoms with van der Waals surface area (Å²) in [6, 6.07) is 7.86. The van der Waals surface area contributed by atoms with Crippen LogP contribution in [0.25, 0.3) is 0 Å². The van der Waals surface area contributed by atoms with Gasteiger partial charge >= 0.3 is 0 Å². The highest BCUT2D eigenvalue weighted by molar-refractivity contribution is 6.30. The predicted octanol–water partition coefficient (Wildman–Crippen LogP) is 3.34. The summed E-state index contributed by atoms with van der Waals surface area (Å²) in [6.07, 6.45) is 3.72. The maximum absolute atomic E-state index is 5.98. The van der Waals surface area contributed by atoms with Crippen LogP contribution in [-0.2, 0) is 6.42 Å². The second kappa shape index (κ2) is 5.35. The summed E-state index contributed by atoms with van der Waals surface area (Å²) in [5.41, 5.74) is 1.15. The molecule has 1 aromatic heterocycles. The molecule has 19 heavy (non-hydrogen) atoms. The summed E-state index contributed by atoms with van der Waals surface area (Å²) in [7, 11) is 2.13. The minimum atomic E-state index is 0.443. The number of oxazole rings is 1. The normalized spacial score (nSPS) is 20.0. The van der Waals surface area contributed by atoms with Crippen LogP contribution in [0.4, 0.5) is 0 Å². The summed E-state index contributed by atoms with van der Waals surface area (Å²) < 4.78 is 5.88. The SMILES string of the molecule is CN1CCC(c2ncc(Cc3cccc(Cl)c3)o2)C1. The lowest BCUT2D eigenvalue weighted by molar-refractivity contribution is 0.385. The van der Waals surface area contributed by atoms with E-state index in [-0.39, 0.29) is 0 Å². The van der Waals surface area contributed by atoms with Crippen molar-refractivity contribution in [3.63, 3.8) is 0 Å². The van der Waals surface area contributed by atoms with Gasteiger partial charge < -0.3 is 9.32 Å². The standard InChI is InChI=1S/C15H17ClN2O/c1-18-6-5-12(10-18)15-17-9-14(19-15)8-11-3-2-4-13(16)7-11/h2-4,7,9,12H,5-6,8,10H2,1H3. The molecule has 1 saturated heterocycles. The smallest absolute Gasteiger partial charge is 0.198 e. The molecule has 1 aromatic carbocycles. The molecule has 2 heterocycles. The van der Waals surface area contributed by atoms with Gasteiger partial charge in [-0.15, -0.1) is 0 Å². The second-order valence-corrected chi connectivity index (χ2v) is 5.66. The van der Waals surface area contributed by atoms with Gasteiger partial charge in [0.2, 0.25) is 0 Å². The minimum Gasteiger partial charge on any atom is -0.445 e. The van der Waals surface area contributed by atoms with Gasteiger partial charge in [0.15, 0.2) is 5.89 Å². The Morgan fingerprint density at radius 1 is 1.47 bits per heavy atom. The third kappa shape index (κ3) is 2.99. The molecular formula is C15H17ClN2O. The number of likely N-dealkylation sites (tertiary alicyclic amines) is 1. The first-order valence-electron chi connectivity index (χ1n) is 6.58. The van der Waals surface area contributed by atoms with Crippen molar-refractivity contribution in [2.75, 3.05) is 20.1 Å². The first-order chi connectivity index (χ1) is 9.20. The van der Waals surface area contributed by atoms with Crippen molar-refractivity contribution < 1.29 is 4.42 Å². The molecule has 0 N–H and O–H groups in total. The number of halogens is 1. The fraction of sp³-hybridized carbons (Fsp3) is 0.400. The maximum atomic E-state index is 5.98. The van der Waals surface area contributed by atoms with Crippen LogP contribution in [0.15, 0.2) is 34.9 Å². The van der Waals surface area contributed by atoms with Crippen molar-refractivity contribution >= 4 is 11.6 Å². The molecular weight excluding hydrogens is 260 g/mol. The molecule has 2 aromatic rings. The molecule has 1 fully saturated rings. The van der Waals surface area contributed by atoms with E-state index in [4.69, 9.17) is 16.0 Å². The molecule has 1 aliphatic heterocycles. The number of rotatable bonds is 3. The Bertz CT molecular complexity index is 567. The minimum absolute atomic E-state index is 0.443. The van der Waals surface area contributed by atoms with E-state index in [0.717, 1.165) is 48.2 Å². The van der Waals surface area contributed by atoms with Gasteiger partial charge in [0.05, 0.1) is 6.20 Å². The molecule has 1 atom stereocenters. The van der Waals surface area contributed by atoms with Crippen molar-refractivity contribution in [1.29, 1.82) is 0 Å². The molecule has 1 aliphatic rings. The van der Waals surface area contributed by atoms with Gasteiger partial charge in [-0.05, 0) is 37.7 Å². The summed E-state index contributed by atoms with van der Waals surface area (Å²) in [6.45, 7) is 2.16. The van der Waals surface area contributed by atoms with Crippen molar-refractivity contribution in [1.82, 2.24) is 9.88 Å². The number of hydrogen-bond acceptors (Lipinski definition) is 3. The Hall–Kier alpha value is -1.32. The van der Waals surface area contributed by atoms with Crippen molar-refractivity contribution in [2.24, 2.45) is 0 Å². The largest absolute Gasteiger partial charge is 0.445 e. The lowest BCUT2D eigenvalue weighted by Crippen LogP contribution is -2.13. The van der Waals surface area contributed by atoms with E-state index >= 15 is 0 Å². The van der Waals surface area contributed by atoms with Crippen LogP contribution in [0.1, 0.15) is 29.6 Å². The second-order valence-electron chi connectivity index (χ2n) is 5.22. The Balaban J connectivity index is 1.71. The molecule has 0 radical (unpaired) electrons. The van der Waals surface area contributed by atoms with Crippen LogP contribution >= 0.6 is 11.6 Å².